The fraction of sp³-hybridized carbons (Fsp3) is 0.130. The monoisotopic (exact) mass is 455 g/mol. The second-order valence-electron chi connectivity index (χ2n) is 6.90. The molecule has 2 aromatic heterocycles. The Labute approximate surface area is 189 Å². The minimum atomic E-state index is -0.330. The number of ether oxygens (including phenoxy) is 2. The molecule has 0 radical (unpaired) electrons. The number of nitrogens with zero attached hydrogens (tertiary/aromatic N) is 2. The van der Waals surface area contributed by atoms with E-state index in [2.05, 4.69) is 5.32 Å². The van der Waals surface area contributed by atoms with Gasteiger partial charge in [-0.2, -0.15) is 0 Å². The molecule has 0 saturated heterocycles. The molecule has 0 spiro atoms. The van der Waals surface area contributed by atoms with Crippen LogP contribution in [0, 0.1) is 6.92 Å². The number of amides is 1. The van der Waals surface area contributed by atoms with Crippen LogP contribution < -0.4 is 14.8 Å². The summed E-state index contributed by atoms with van der Waals surface area (Å²) in [6.07, 6.45) is 1.91. The topological polar surface area (TPSA) is 64.9 Å². The highest BCUT2D eigenvalue weighted by atomic mass is 35.5. The summed E-state index contributed by atoms with van der Waals surface area (Å²) < 4.78 is 12.6. The molecule has 0 aliphatic carbocycles. The molecule has 0 fully saturated rings. The molecule has 0 unspecified atom stereocenters. The summed E-state index contributed by atoms with van der Waals surface area (Å²) in [5, 5.41) is 3.67. The highest BCUT2D eigenvalue weighted by Gasteiger charge is 2.19. The number of carbonyl (C=O) groups is 1. The molecule has 2 heterocycles. The van der Waals surface area contributed by atoms with Gasteiger partial charge < -0.3 is 14.8 Å². The summed E-state index contributed by atoms with van der Waals surface area (Å²) in [6, 6.07) is 14.1. The summed E-state index contributed by atoms with van der Waals surface area (Å²) in [6.45, 7) is 1.97. The summed E-state index contributed by atoms with van der Waals surface area (Å²) in [5.41, 5.74) is 3.47. The Morgan fingerprint density at radius 3 is 2.45 bits per heavy atom. The lowest BCUT2D eigenvalue weighted by molar-refractivity contribution is 0.102. The quantitative estimate of drug-likeness (QED) is 0.407. The van der Waals surface area contributed by atoms with Gasteiger partial charge in [0.2, 0.25) is 0 Å². The number of hydrogen-bond donors (Lipinski definition) is 1. The molecule has 8 heteroatoms. The zero-order chi connectivity index (χ0) is 22.1. The number of nitrogens with one attached hydrogen (secondary N) is 1. The van der Waals surface area contributed by atoms with E-state index in [1.807, 2.05) is 41.8 Å². The van der Waals surface area contributed by atoms with Crippen LogP contribution in [0.4, 0.5) is 5.82 Å². The number of carbonyl (C=O) groups excluding carboxylic acids is 1. The third-order valence-electron chi connectivity index (χ3n) is 4.84. The summed E-state index contributed by atoms with van der Waals surface area (Å²) in [4.78, 5) is 17.8. The number of rotatable bonds is 5. The van der Waals surface area contributed by atoms with E-state index in [1.54, 1.807) is 32.4 Å². The minimum absolute atomic E-state index is 0.309. The molecular formula is C23H19Cl2N3O3. The number of benzene rings is 2. The number of anilines is 1. The number of imidazole rings is 1. The van der Waals surface area contributed by atoms with Crippen molar-refractivity contribution in [2.75, 3.05) is 19.5 Å². The summed E-state index contributed by atoms with van der Waals surface area (Å²) in [7, 11) is 3.15. The van der Waals surface area contributed by atoms with E-state index in [1.165, 1.54) is 6.07 Å². The molecule has 158 valence electrons. The van der Waals surface area contributed by atoms with Crippen molar-refractivity contribution in [3.63, 3.8) is 0 Å². The van der Waals surface area contributed by atoms with Gasteiger partial charge in [-0.05, 0) is 55.0 Å². The van der Waals surface area contributed by atoms with Gasteiger partial charge in [0, 0.05) is 17.3 Å². The van der Waals surface area contributed by atoms with Gasteiger partial charge in [0.15, 0.2) is 11.5 Å². The number of methoxy groups -OCH3 is 2. The molecule has 0 saturated carbocycles. The van der Waals surface area contributed by atoms with Crippen molar-refractivity contribution < 1.29 is 14.3 Å². The molecule has 0 aliphatic rings. The lowest BCUT2D eigenvalue weighted by atomic mass is 10.1. The second kappa shape index (κ2) is 8.49. The largest absolute Gasteiger partial charge is 0.493 e. The van der Waals surface area contributed by atoms with Crippen LogP contribution in [0.15, 0.2) is 54.7 Å². The van der Waals surface area contributed by atoms with Gasteiger partial charge in [-0.25, -0.2) is 4.98 Å². The number of hydrogen-bond acceptors (Lipinski definition) is 4. The van der Waals surface area contributed by atoms with Crippen LogP contribution in [-0.2, 0) is 0 Å². The molecular weight excluding hydrogens is 437 g/mol. The number of halogens is 2. The highest BCUT2D eigenvalue weighted by Crippen LogP contribution is 2.36. The number of fused-ring (bicyclic) bond motifs is 1. The maximum absolute atomic E-state index is 13.0. The van der Waals surface area contributed by atoms with Gasteiger partial charge in [-0.3, -0.25) is 9.20 Å². The smallest absolute Gasteiger partial charge is 0.256 e. The third kappa shape index (κ3) is 4.04. The molecule has 4 aromatic rings. The number of aryl methyl sites for hydroxylation is 1. The normalized spacial score (nSPS) is 10.9. The Balaban J connectivity index is 1.84. The average Bonchev–Trinajstić information content (AvgIpc) is 3.12. The fourth-order valence-electron chi connectivity index (χ4n) is 3.27. The Bertz CT molecular complexity index is 1300. The zero-order valence-electron chi connectivity index (χ0n) is 17.1. The van der Waals surface area contributed by atoms with Crippen molar-refractivity contribution in [1.82, 2.24) is 9.38 Å². The van der Waals surface area contributed by atoms with E-state index in [-0.39, 0.29) is 5.91 Å². The third-order valence-corrected chi connectivity index (χ3v) is 5.58. The van der Waals surface area contributed by atoms with Crippen LogP contribution in [0.2, 0.25) is 10.0 Å². The van der Waals surface area contributed by atoms with Crippen LogP contribution >= 0.6 is 23.2 Å². The zero-order valence-corrected chi connectivity index (χ0v) is 18.6. The maximum Gasteiger partial charge on any atom is 0.256 e. The van der Waals surface area contributed by atoms with Crippen molar-refractivity contribution >= 4 is 40.6 Å². The van der Waals surface area contributed by atoms with Crippen molar-refractivity contribution in [1.29, 1.82) is 0 Å². The predicted molar refractivity (Wildman–Crippen MR) is 123 cm³/mol. The first-order valence-electron chi connectivity index (χ1n) is 9.38. The molecule has 1 amide bonds. The molecule has 0 aliphatic heterocycles. The molecule has 1 N–H and O–H groups in total. The van der Waals surface area contributed by atoms with Crippen LogP contribution in [0.1, 0.15) is 15.9 Å². The lowest BCUT2D eigenvalue weighted by Crippen LogP contribution is -2.14. The SMILES string of the molecule is COc1ccc(-c2nc3ccc(C)cn3c2NC(=O)c2ccc(Cl)c(Cl)c2)cc1OC. The molecule has 0 atom stereocenters. The first kappa shape index (κ1) is 21.0. The van der Waals surface area contributed by atoms with E-state index in [0.29, 0.717) is 44.3 Å². The van der Waals surface area contributed by atoms with Crippen LogP contribution in [0.5, 0.6) is 11.5 Å². The van der Waals surface area contributed by atoms with Crippen LogP contribution in [0.25, 0.3) is 16.9 Å². The van der Waals surface area contributed by atoms with Crippen LogP contribution in [-0.4, -0.2) is 29.5 Å². The maximum atomic E-state index is 13.0. The van der Waals surface area contributed by atoms with Crippen molar-refractivity contribution in [2.45, 2.75) is 6.92 Å². The molecule has 6 nitrogen and oxygen atoms in total. The Kier molecular flexibility index (Phi) is 5.76. The predicted octanol–water partition coefficient (Wildman–Crippen LogP) is 5.89. The van der Waals surface area contributed by atoms with E-state index < -0.39 is 0 Å². The van der Waals surface area contributed by atoms with Crippen molar-refractivity contribution in [2.24, 2.45) is 0 Å². The Morgan fingerprint density at radius 2 is 1.74 bits per heavy atom. The summed E-state index contributed by atoms with van der Waals surface area (Å²) >= 11 is 12.1. The standard InChI is InChI=1S/C23H19Cl2N3O3/c1-13-4-9-20-26-21(14-6-8-18(30-2)19(11-14)31-3)22(28(20)12-13)27-23(29)15-5-7-16(24)17(25)10-15/h4-12H,1-3H3,(H,27,29). The van der Waals surface area contributed by atoms with Gasteiger partial charge in [0.1, 0.15) is 17.2 Å². The van der Waals surface area contributed by atoms with Gasteiger partial charge >= 0.3 is 0 Å². The van der Waals surface area contributed by atoms with Crippen LogP contribution in [0.3, 0.4) is 0 Å². The minimum Gasteiger partial charge on any atom is -0.493 e. The molecule has 31 heavy (non-hydrogen) atoms. The first-order valence-corrected chi connectivity index (χ1v) is 10.1. The number of pyridine rings is 1. The summed E-state index contributed by atoms with van der Waals surface area (Å²) in [5.74, 6) is 1.37. The second-order valence-corrected chi connectivity index (χ2v) is 7.71. The first-order chi connectivity index (χ1) is 14.9. The molecule has 0 bridgehead atoms. The van der Waals surface area contributed by atoms with E-state index >= 15 is 0 Å². The Morgan fingerprint density at radius 1 is 0.968 bits per heavy atom. The van der Waals surface area contributed by atoms with Crippen molar-refractivity contribution in [3.05, 3.63) is 75.9 Å². The van der Waals surface area contributed by atoms with E-state index in [0.717, 1.165) is 11.1 Å². The van der Waals surface area contributed by atoms with Gasteiger partial charge in [-0.15, -0.1) is 0 Å². The number of aromatic nitrogens is 2. The lowest BCUT2D eigenvalue weighted by Gasteiger charge is -2.11. The molecule has 4 rings (SSSR count). The Hall–Kier alpha value is -3.22. The van der Waals surface area contributed by atoms with E-state index in [9.17, 15) is 4.79 Å². The van der Waals surface area contributed by atoms with Gasteiger partial charge in [0.25, 0.3) is 5.91 Å². The average molecular weight is 456 g/mol. The molecule has 2 aromatic carbocycles. The van der Waals surface area contributed by atoms with Gasteiger partial charge in [-0.1, -0.05) is 29.3 Å². The van der Waals surface area contributed by atoms with Gasteiger partial charge in [0.05, 0.1) is 24.3 Å². The van der Waals surface area contributed by atoms with E-state index in [4.69, 9.17) is 37.7 Å². The van der Waals surface area contributed by atoms with Crippen molar-refractivity contribution in [3.8, 4) is 22.8 Å². The highest BCUT2D eigenvalue weighted by molar-refractivity contribution is 6.42. The fourth-order valence-corrected chi connectivity index (χ4v) is 3.57.